The number of hydrogen-bond donors (Lipinski definition) is 2. The van der Waals surface area contributed by atoms with Crippen LogP contribution in [0.5, 0.6) is 0 Å². The Morgan fingerprint density at radius 2 is 2.06 bits per heavy atom. The number of nitrogens with one attached hydrogen (secondary N) is 1. The first-order valence-corrected chi connectivity index (χ1v) is 6.60. The van der Waals surface area contributed by atoms with Crippen LogP contribution < -0.4 is 5.32 Å². The van der Waals surface area contributed by atoms with Crippen molar-refractivity contribution in [2.75, 3.05) is 6.54 Å². The van der Waals surface area contributed by atoms with Crippen molar-refractivity contribution in [3.8, 4) is 0 Å². The Morgan fingerprint density at radius 3 is 2.61 bits per heavy atom. The molecule has 0 unspecified atom stereocenters. The standard InChI is InChI=1S/C15H21NO2/c1-10(2)14(15(17)18)16-9-12-8-13(12)11-6-4-3-5-7-11/h3-7,10,12-14,16H,8-9H2,1-2H3,(H,17,18)/t12-,13-,14+/m0/s1. The summed E-state index contributed by atoms with van der Waals surface area (Å²) in [7, 11) is 0. The summed E-state index contributed by atoms with van der Waals surface area (Å²) in [6, 6.07) is 10.0. The van der Waals surface area contributed by atoms with Gasteiger partial charge in [0, 0.05) is 0 Å². The van der Waals surface area contributed by atoms with Crippen LogP contribution in [-0.4, -0.2) is 23.7 Å². The third kappa shape index (κ3) is 3.10. The van der Waals surface area contributed by atoms with Gasteiger partial charge in [0.05, 0.1) is 0 Å². The predicted molar refractivity (Wildman–Crippen MR) is 71.6 cm³/mol. The maximum atomic E-state index is 11.1. The molecule has 1 aliphatic rings. The second-order valence-corrected chi connectivity index (χ2v) is 5.48. The van der Waals surface area contributed by atoms with Crippen LogP contribution >= 0.6 is 0 Å². The van der Waals surface area contributed by atoms with Gasteiger partial charge >= 0.3 is 5.97 Å². The Balaban J connectivity index is 1.82. The molecule has 3 heteroatoms. The molecule has 18 heavy (non-hydrogen) atoms. The molecular formula is C15H21NO2. The molecule has 3 nitrogen and oxygen atoms in total. The SMILES string of the molecule is CC(C)[C@@H](NC[C@@H]1C[C@H]1c1ccccc1)C(=O)O. The number of carboxylic acids is 1. The fraction of sp³-hybridized carbons (Fsp3) is 0.533. The third-order valence-electron chi connectivity index (χ3n) is 3.68. The maximum absolute atomic E-state index is 11.1. The quantitative estimate of drug-likeness (QED) is 0.812. The number of hydrogen-bond acceptors (Lipinski definition) is 2. The van der Waals surface area contributed by atoms with Gasteiger partial charge in [0.1, 0.15) is 6.04 Å². The second-order valence-electron chi connectivity index (χ2n) is 5.48. The van der Waals surface area contributed by atoms with Crippen molar-refractivity contribution in [3.05, 3.63) is 35.9 Å². The molecule has 0 saturated heterocycles. The maximum Gasteiger partial charge on any atom is 0.320 e. The molecule has 1 saturated carbocycles. The van der Waals surface area contributed by atoms with E-state index in [2.05, 4.69) is 29.6 Å². The summed E-state index contributed by atoms with van der Waals surface area (Å²) < 4.78 is 0. The van der Waals surface area contributed by atoms with E-state index in [1.54, 1.807) is 0 Å². The van der Waals surface area contributed by atoms with Gasteiger partial charge in [-0.15, -0.1) is 0 Å². The molecule has 0 aliphatic heterocycles. The van der Waals surface area contributed by atoms with Gasteiger partial charge in [-0.2, -0.15) is 0 Å². The van der Waals surface area contributed by atoms with E-state index in [4.69, 9.17) is 5.11 Å². The van der Waals surface area contributed by atoms with E-state index in [1.165, 1.54) is 12.0 Å². The fourth-order valence-corrected chi connectivity index (χ4v) is 2.47. The van der Waals surface area contributed by atoms with E-state index >= 15 is 0 Å². The van der Waals surface area contributed by atoms with E-state index in [0.717, 1.165) is 6.54 Å². The van der Waals surface area contributed by atoms with Crippen LogP contribution in [0.15, 0.2) is 30.3 Å². The molecular weight excluding hydrogens is 226 g/mol. The lowest BCUT2D eigenvalue weighted by Crippen LogP contribution is -2.41. The van der Waals surface area contributed by atoms with Crippen molar-refractivity contribution in [1.29, 1.82) is 0 Å². The lowest BCUT2D eigenvalue weighted by Gasteiger charge is -2.17. The van der Waals surface area contributed by atoms with Gasteiger partial charge in [-0.1, -0.05) is 44.2 Å². The summed E-state index contributed by atoms with van der Waals surface area (Å²) >= 11 is 0. The van der Waals surface area contributed by atoms with Gasteiger partial charge < -0.3 is 10.4 Å². The lowest BCUT2D eigenvalue weighted by atomic mass is 10.0. The first kappa shape index (κ1) is 13.1. The highest BCUT2D eigenvalue weighted by atomic mass is 16.4. The monoisotopic (exact) mass is 247 g/mol. The summed E-state index contributed by atoms with van der Waals surface area (Å²) in [6.45, 7) is 4.68. The largest absolute Gasteiger partial charge is 0.480 e. The Labute approximate surface area is 108 Å². The van der Waals surface area contributed by atoms with E-state index in [-0.39, 0.29) is 5.92 Å². The third-order valence-corrected chi connectivity index (χ3v) is 3.68. The smallest absolute Gasteiger partial charge is 0.320 e. The lowest BCUT2D eigenvalue weighted by molar-refractivity contribution is -0.140. The first-order chi connectivity index (χ1) is 8.59. The summed E-state index contributed by atoms with van der Waals surface area (Å²) in [4.78, 5) is 11.1. The summed E-state index contributed by atoms with van der Waals surface area (Å²) in [5, 5.41) is 12.3. The first-order valence-electron chi connectivity index (χ1n) is 6.60. The zero-order valence-electron chi connectivity index (χ0n) is 11.0. The normalized spacial score (nSPS) is 23.9. The van der Waals surface area contributed by atoms with E-state index in [0.29, 0.717) is 11.8 Å². The average Bonchev–Trinajstić information content (AvgIpc) is 3.09. The van der Waals surface area contributed by atoms with Crippen molar-refractivity contribution in [2.45, 2.75) is 32.2 Å². The highest BCUT2D eigenvalue weighted by Crippen LogP contribution is 2.46. The molecule has 0 bridgehead atoms. The molecule has 1 fully saturated rings. The molecule has 2 rings (SSSR count). The van der Waals surface area contributed by atoms with Crippen LogP contribution in [0.1, 0.15) is 31.7 Å². The van der Waals surface area contributed by atoms with Crippen LogP contribution in [0.3, 0.4) is 0 Å². The molecule has 3 atom stereocenters. The Morgan fingerprint density at radius 1 is 1.39 bits per heavy atom. The van der Waals surface area contributed by atoms with Gasteiger partial charge in [-0.05, 0) is 36.3 Å². The van der Waals surface area contributed by atoms with Gasteiger partial charge in [0.15, 0.2) is 0 Å². The predicted octanol–water partition coefficient (Wildman–Crippen LogP) is 2.49. The number of aliphatic carboxylic acids is 1. The second kappa shape index (κ2) is 5.53. The number of benzene rings is 1. The Kier molecular flexibility index (Phi) is 4.02. The van der Waals surface area contributed by atoms with E-state index in [1.807, 2.05) is 19.9 Å². The highest BCUT2D eigenvalue weighted by Gasteiger charge is 2.38. The van der Waals surface area contributed by atoms with Crippen LogP contribution in [0.4, 0.5) is 0 Å². The minimum absolute atomic E-state index is 0.122. The number of carboxylic acid groups (broad SMARTS) is 1. The molecule has 2 N–H and O–H groups in total. The van der Waals surface area contributed by atoms with Crippen molar-refractivity contribution < 1.29 is 9.90 Å². The van der Waals surface area contributed by atoms with Crippen LogP contribution in [0.2, 0.25) is 0 Å². The average molecular weight is 247 g/mol. The van der Waals surface area contributed by atoms with Crippen molar-refractivity contribution >= 4 is 5.97 Å². The zero-order chi connectivity index (χ0) is 13.1. The molecule has 98 valence electrons. The van der Waals surface area contributed by atoms with E-state index in [9.17, 15) is 4.79 Å². The van der Waals surface area contributed by atoms with Crippen molar-refractivity contribution in [2.24, 2.45) is 11.8 Å². The number of carbonyl (C=O) groups is 1. The minimum atomic E-state index is -0.748. The van der Waals surface area contributed by atoms with Gasteiger partial charge in [0.25, 0.3) is 0 Å². The van der Waals surface area contributed by atoms with Gasteiger partial charge in [-0.3, -0.25) is 4.79 Å². The van der Waals surface area contributed by atoms with Crippen LogP contribution in [0, 0.1) is 11.8 Å². The fourth-order valence-electron chi connectivity index (χ4n) is 2.47. The molecule has 1 aliphatic carbocycles. The zero-order valence-corrected chi connectivity index (χ0v) is 11.0. The van der Waals surface area contributed by atoms with Crippen molar-refractivity contribution in [3.63, 3.8) is 0 Å². The minimum Gasteiger partial charge on any atom is -0.480 e. The summed E-state index contributed by atoms with van der Waals surface area (Å²) in [6.07, 6.45) is 1.17. The van der Waals surface area contributed by atoms with Gasteiger partial charge in [-0.25, -0.2) is 0 Å². The summed E-state index contributed by atoms with van der Waals surface area (Å²) in [5.74, 6) is 0.576. The molecule has 0 amide bonds. The molecule has 0 spiro atoms. The molecule has 0 heterocycles. The molecule has 1 aromatic rings. The van der Waals surface area contributed by atoms with E-state index < -0.39 is 12.0 Å². The Hall–Kier alpha value is -1.35. The number of rotatable bonds is 6. The highest BCUT2D eigenvalue weighted by molar-refractivity contribution is 5.73. The van der Waals surface area contributed by atoms with Crippen LogP contribution in [-0.2, 0) is 4.79 Å². The topological polar surface area (TPSA) is 49.3 Å². The van der Waals surface area contributed by atoms with Gasteiger partial charge in [0.2, 0.25) is 0 Å². The summed E-state index contributed by atoms with van der Waals surface area (Å²) in [5.41, 5.74) is 1.38. The van der Waals surface area contributed by atoms with Crippen LogP contribution in [0.25, 0.3) is 0 Å². The van der Waals surface area contributed by atoms with Crippen molar-refractivity contribution in [1.82, 2.24) is 5.32 Å². The molecule has 0 radical (unpaired) electrons. The Bertz CT molecular complexity index is 402. The molecule has 0 aromatic heterocycles. The molecule has 1 aromatic carbocycles.